The molecule has 0 aliphatic rings. The Morgan fingerprint density at radius 1 is 1.05 bits per heavy atom. The van der Waals surface area contributed by atoms with Gasteiger partial charge in [-0.15, -0.1) is 0 Å². The number of para-hydroxylation sites is 1. The van der Waals surface area contributed by atoms with Crippen molar-refractivity contribution in [3.63, 3.8) is 0 Å². The van der Waals surface area contributed by atoms with Crippen molar-refractivity contribution in [3.05, 3.63) is 64.7 Å². The lowest BCUT2D eigenvalue weighted by Gasteiger charge is -2.09. The minimum absolute atomic E-state index is 1.04. The van der Waals surface area contributed by atoms with Gasteiger partial charge in [-0.25, -0.2) is 0 Å². The fraction of sp³-hybridized carbons (Fsp3) is 0.278. The molecule has 0 bridgehead atoms. The first-order valence-corrected chi connectivity index (χ1v) is 6.82. The normalized spacial score (nSPS) is 11.7. The first kappa shape index (κ1) is 13.5. The first-order valence-electron chi connectivity index (χ1n) is 6.82. The predicted octanol–water partition coefficient (Wildman–Crippen LogP) is 5.01. The van der Waals surface area contributed by atoms with Crippen LogP contribution in [0.5, 0.6) is 0 Å². The van der Waals surface area contributed by atoms with E-state index >= 15 is 0 Å². The summed E-state index contributed by atoms with van der Waals surface area (Å²) in [5, 5.41) is 0. The number of hydrogen-bond donors (Lipinski definition) is 0. The predicted molar refractivity (Wildman–Crippen MR) is 83.6 cm³/mol. The maximum atomic E-state index is 4.78. The second-order valence-corrected chi connectivity index (χ2v) is 5.00. The molecular weight excluding hydrogens is 230 g/mol. The van der Waals surface area contributed by atoms with Crippen LogP contribution in [0.2, 0.25) is 0 Å². The fourth-order valence-corrected chi connectivity index (χ4v) is 2.30. The van der Waals surface area contributed by atoms with Crippen LogP contribution in [0.1, 0.15) is 36.1 Å². The molecule has 2 aromatic rings. The molecule has 0 aromatic heterocycles. The topological polar surface area (TPSA) is 12.4 Å². The summed E-state index contributed by atoms with van der Waals surface area (Å²) in [5.41, 5.74) is 7.30. The third-order valence-corrected chi connectivity index (χ3v) is 3.44. The van der Waals surface area contributed by atoms with Gasteiger partial charge in [-0.1, -0.05) is 48.9 Å². The average Bonchev–Trinajstić information content (AvgIpc) is 2.41. The Morgan fingerprint density at radius 2 is 1.79 bits per heavy atom. The lowest BCUT2D eigenvalue weighted by Crippen LogP contribution is -2.00. The van der Waals surface area contributed by atoms with Gasteiger partial charge >= 0.3 is 0 Å². The monoisotopic (exact) mass is 251 g/mol. The number of hydrogen-bond acceptors (Lipinski definition) is 1. The second kappa shape index (κ2) is 5.83. The van der Waals surface area contributed by atoms with E-state index in [-0.39, 0.29) is 0 Å². The zero-order valence-electron chi connectivity index (χ0n) is 12.2. The van der Waals surface area contributed by atoms with E-state index in [2.05, 4.69) is 58.0 Å². The van der Waals surface area contributed by atoms with Crippen LogP contribution in [0, 0.1) is 13.8 Å². The van der Waals surface area contributed by atoms with Crippen molar-refractivity contribution < 1.29 is 0 Å². The van der Waals surface area contributed by atoms with Crippen molar-refractivity contribution in [1.29, 1.82) is 0 Å². The minimum atomic E-state index is 1.04. The molecule has 98 valence electrons. The van der Waals surface area contributed by atoms with Gasteiger partial charge in [-0.2, -0.15) is 0 Å². The third-order valence-electron chi connectivity index (χ3n) is 3.44. The molecule has 1 nitrogen and oxygen atoms in total. The van der Waals surface area contributed by atoms with Gasteiger partial charge < -0.3 is 0 Å². The Kier molecular flexibility index (Phi) is 4.16. The van der Waals surface area contributed by atoms with Gasteiger partial charge in [0.1, 0.15) is 0 Å². The number of aryl methyl sites for hydroxylation is 3. The summed E-state index contributed by atoms with van der Waals surface area (Å²) in [5.74, 6) is 0. The van der Waals surface area contributed by atoms with Gasteiger partial charge in [-0.3, -0.25) is 4.99 Å². The van der Waals surface area contributed by atoms with Crippen molar-refractivity contribution in [3.8, 4) is 0 Å². The maximum absolute atomic E-state index is 4.78. The number of benzene rings is 2. The summed E-state index contributed by atoms with van der Waals surface area (Å²) in [6.07, 6.45) is 1.04. The molecule has 1 heteroatoms. The van der Waals surface area contributed by atoms with Crippen LogP contribution < -0.4 is 0 Å². The van der Waals surface area contributed by atoms with E-state index in [9.17, 15) is 0 Å². The van der Waals surface area contributed by atoms with Gasteiger partial charge in [0.2, 0.25) is 0 Å². The Balaban J connectivity index is 2.44. The number of aliphatic imine (C=N–C) groups is 1. The van der Waals surface area contributed by atoms with Gasteiger partial charge in [0.15, 0.2) is 0 Å². The molecule has 2 rings (SSSR count). The quantitative estimate of drug-likeness (QED) is 0.680. The molecule has 0 fully saturated rings. The Labute approximate surface area is 116 Å². The highest BCUT2D eigenvalue weighted by Crippen LogP contribution is 2.20. The van der Waals surface area contributed by atoms with E-state index in [4.69, 9.17) is 4.99 Å². The van der Waals surface area contributed by atoms with E-state index in [0.717, 1.165) is 17.8 Å². The van der Waals surface area contributed by atoms with Crippen LogP contribution in [-0.2, 0) is 6.42 Å². The van der Waals surface area contributed by atoms with E-state index < -0.39 is 0 Å². The molecule has 0 saturated heterocycles. The standard InChI is InChI=1S/C18H21N/c1-5-16-12-13(2)10-11-17(16)15(4)19-18-9-7-6-8-14(18)3/h6-12H,5H2,1-4H3. The maximum Gasteiger partial charge on any atom is 0.0662 e. The molecule has 0 aliphatic carbocycles. The summed E-state index contributed by atoms with van der Waals surface area (Å²) in [4.78, 5) is 4.78. The summed E-state index contributed by atoms with van der Waals surface area (Å²) < 4.78 is 0. The molecule has 0 radical (unpaired) electrons. The van der Waals surface area contributed by atoms with Gasteiger partial charge in [-0.05, 0) is 49.9 Å². The summed E-state index contributed by atoms with van der Waals surface area (Å²) in [7, 11) is 0. The van der Waals surface area contributed by atoms with Gasteiger partial charge in [0.05, 0.1) is 5.69 Å². The Bertz CT molecular complexity index is 609. The highest BCUT2D eigenvalue weighted by atomic mass is 14.7. The molecule has 0 aliphatic heterocycles. The van der Waals surface area contributed by atoms with Crippen molar-refractivity contribution in [2.75, 3.05) is 0 Å². The first-order chi connectivity index (χ1) is 9.11. The highest BCUT2D eigenvalue weighted by molar-refractivity contribution is 6.01. The zero-order chi connectivity index (χ0) is 13.8. The van der Waals surface area contributed by atoms with Crippen LogP contribution >= 0.6 is 0 Å². The summed E-state index contributed by atoms with van der Waals surface area (Å²) >= 11 is 0. The van der Waals surface area contributed by atoms with Crippen LogP contribution in [-0.4, -0.2) is 5.71 Å². The Hall–Kier alpha value is -1.89. The SMILES string of the molecule is CCc1cc(C)ccc1C(C)=Nc1ccccc1C. The lowest BCUT2D eigenvalue weighted by atomic mass is 9.99. The van der Waals surface area contributed by atoms with E-state index in [1.165, 1.54) is 22.3 Å². The minimum Gasteiger partial charge on any atom is -0.253 e. The van der Waals surface area contributed by atoms with E-state index in [1.54, 1.807) is 0 Å². The summed E-state index contributed by atoms with van der Waals surface area (Å²) in [6.45, 7) is 8.52. The lowest BCUT2D eigenvalue weighted by molar-refractivity contribution is 1.12. The van der Waals surface area contributed by atoms with Crippen molar-refractivity contribution in [2.24, 2.45) is 4.99 Å². The van der Waals surface area contributed by atoms with Crippen LogP contribution in [0.4, 0.5) is 5.69 Å². The largest absolute Gasteiger partial charge is 0.253 e. The zero-order valence-corrected chi connectivity index (χ0v) is 12.2. The number of nitrogens with zero attached hydrogens (tertiary/aromatic N) is 1. The summed E-state index contributed by atoms with van der Waals surface area (Å²) in [6, 6.07) is 14.9. The van der Waals surface area contributed by atoms with Gasteiger partial charge in [0.25, 0.3) is 0 Å². The molecule has 19 heavy (non-hydrogen) atoms. The third kappa shape index (κ3) is 3.11. The fourth-order valence-electron chi connectivity index (χ4n) is 2.30. The second-order valence-electron chi connectivity index (χ2n) is 5.00. The van der Waals surface area contributed by atoms with Crippen LogP contribution in [0.3, 0.4) is 0 Å². The molecule has 0 heterocycles. The van der Waals surface area contributed by atoms with Crippen molar-refractivity contribution in [1.82, 2.24) is 0 Å². The van der Waals surface area contributed by atoms with Gasteiger partial charge in [0, 0.05) is 5.71 Å². The molecule has 2 aromatic carbocycles. The van der Waals surface area contributed by atoms with Crippen molar-refractivity contribution >= 4 is 11.4 Å². The molecule has 0 unspecified atom stereocenters. The molecule has 0 amide bonds. The molecular formula is C18H21N. The molecule has 0 atom stereocenters. The van der Waals surface area contributed by atoms with Crippen molar-refractivity contribution in [2.45, 2.75) is 34.1 Å². The smallest absolute Gasteiger partial charge is 0.0662 e. The van der Waals surface area contributed by atoms with Crippen LogP contribution in [0.15, 0.2) is 47.5 Å². The van der Waals surface area contributed by atoms with Crippen LogP contribution in [0.25, 0.3) is 0 Å². The highest BCUT2D eigenvalue weighted by Gasteiger charge is 2.05. The van der Waals surface area contributed by atoms with E-state index in [0.29, 0.717) is 0 Å². The number of rotatable bonds is 3. The average molecular weight is 251 g/mol. The molecule has 0 N–H and O–H groups in total. The Morgan fingerprint density at radius 3 is 2.47 bits per heavy atom. The molecule has 0 spiro atoms. The van der Waals surface area contributed by atoms with E-state index in [1.807, 2.05) is 12.1 Å². The molecule has 0 saturated carbocycles.